The first-order valence-corrected chi connectivity index (χ1v) is 9.87. The number of carboxylic acid groups (broad SMARTS) is 1. The quantitative estimate of drug-likeness (QED) is 0.690. The highest BCUT2D eigenvalue weighted by atomic mass is 32.2. The van der Waals surface area contributed by atoms with Gasteiger partial charge in [0, 0.05) is 42.1 Å². The Balaban J connectivity index is 1.36. The molecule has 7 heteroatoms. The van der Waals surface area contributed by atoms with E-state index in [1.807, 2.05) is 0 Å². The molecule has 1 aromatic heterocycles. The molecule has 1 aromatic carbocycles. The first-order chi connectivity index (χ1) is 12.6. The molecule has 2 N–H and O–H groups in total. The fraction of sp³-hybridized carbons (Fsp3) is 0.421. The molecule has 3 saturated heterocycles. The van der Waals surface area contributed by atoms with Crippen molar-refractivity contribution in [2.75, 3.05) is 25.0 Å². The number of nitrogens with one attached hydrogen (secondary N) is 1. The minimum atomic E-state index is -0.593. The van der Waals surface area contributed by atoms with Gasteiger partial charge in [0.1, 0.15) is 11.6 Å². The molecule has 2 aromatic rings. The van der Waals surface area contributed by atoms with Crippen LogP contribution in [0.3, 0.4) is 0 Å². The smallest absolute Gasteiger partial charge is 0.310 e. The lowest BCUT2D eigenvalue weighted by atomic mass is 9.70. The lowest BCUT2D eigenvalue weighted by Crippen LogP contribution is -2.62. The Morgan fingerprint density at radius 3 is 2.65 bits per heavy atom. The first kappa shape index (κ1) is 16.1. The molecule has 0 radical (unpaired) electrons. The van der Waals surface area contributed by atoms with E-state index in [1.54, 1.807) is 24.2 Å². The second kappa shape index (κ2) is 5.69. The van der Waals surface area contributed by atoms with E-state index in [0.717, 1.165) is 66.5 Å². The molecule has 5 heterocycles. The molecule has 0 aliphatic carbocycles. The summed E-state index contributed by atoms with van der Waals surface area (Å²) in [5.41, 5.74) is 1.94. The third kappa shape index (κ3) is 2.49. The molecule has 0 unspecified atom stereocenters. The second-order valence-corrected chi connectivity index (χ2v) is 8.80. The van der Waals surface area contributed by atoms with Crippen molar-refractivity contribution in [3.8, 4) is 0 Å². The summed E-state index contributed by atoms with van der Waals surface area (Å²) >= 11 is 1.65. The van der Waals surface area contributed by atoms with Gasteiger partial charge in [-0.1, -0.05) is 17.8 Å². The number of rotatable bonds is 3. The molecule has 3 fully saturated rings. The van der Waals surface area contributed by atoms with E-state index in [0.29, 0.717) is 0 Å². The lowest BCUT2D eigenvalue weighted by Gasteiger charge is -2.53. The highest BCUT2D eigenvalue weighted by molar-refractivity contribution is 7.99. The van der Waals surface area contributed by atoms with E-state index < -0.39 is 11.4 Å². The number of hydrogen-bond acceptors (Lipinski definition) is 5. The summed E-state index contributed by atoms with van der Waals surface area (Å²) in [4.78, 5) is 21.5. The lowest BCUT2D eigenvalue weighted by molar-refractivity contribution is -0.956. The van der Waals surface area contributed by atoms with Gasteiger partial charge in [0.25, 0.3) is 0 Å². The summed E-state index contributed by atoms with van der Waals surface area (Å²) < 4.78 is 1.03. The summed E-state index contributed by atoms with van der Waals surface area (Å²) in [6.07, 6.45) is 5.85. The summed E-state index contributed by atoms with van der Waals surface area (Å²) in [7, 11) is 0. The molecule has 4 aliphatic rings. The molecule has 4 aliphatic heterocycles. The molecular weight excluding hydrogens is 348 g/mol. The molecule has 6 nitrogen and oxygen atoms in total. The number of aliphatic carboxylic acids is 1. The van der Waals surface area contributed by atoms with Crippen molar-refractivity contribution in [1.82, 2.24) is 9.97 Å². The van der Waals surface area contributed by atoms with Gasteiger partial charge in [-0.15, -0.1) is 0 Å². The van der Waals surface area contributed by atoms with Crippen LogP contribution in [0.5, 0.6) is 0 Å². The zero-order valence-corrected chi connectivity index (χ0v) is 15.3. The Morgan fingerprint density at radius 1 is 1.19 bits per heavy atom. The van der Waals surface area contributed by atoms with Crippen molar-refractivity contribution in [1.29, 1.82) is 0 Å². The van der Waals surface area contributed by atoms with E-state index in [-0.39, 0.29) is 0 Å². The minimum absolute atomic E-state index is 0.448. The fourth-order valence-corrected chi connectivity index (χ4v) is 5.47. The molecule has 26 heavy (non-hydrogen) atoms. The minimum Gasteiger partial charge on any atom is -0.481 e. The van der Waals surface area contributed by atoms with Gasteiger partial charge in [-0.2, -0.15) is 0 Å². The molecule has 2 bridgehead atoms. The average molecular weight is 369 g/mol. The Hall–Kier alpha value is -2.12. The number of nitrogens with zero attached hydrogens (tertiary/aromatic N) is 3. The SMILES string of the molecule is O=C(O)C12CC[N+](Cc3ccc4c(c3)Nc3nccnc3S4)(CC1)CC2. The van der Waals surface area contributed by atoms with Crippen molar-refractivity contribution >= 4 is 29.2 Å². The molecule has 0 atom stereocenters. The standard InChI is InChI=1S/C19H20N4O2S/c24-18(25)19-3-8-23(9-4-19,10-5-19)12-13-1-2-15-14(11-13)22-16-17(26-15)21-7-6-20-16/h1-2,6-7,11H,3-5,8-10,12H2,(H-,20,22,24,25)/p+1. The molecule has 6 rings (SSSR count). The Morgan fingerprint density at radius 2 is 1.92 bits per heavy atom. The van der Waals surface area contributed by atoms with Crippen molar-refractivity contribution in [3.63, 3.8) is 0 Å². The maximum atomic E-state index is 11.6. The van der Waals surface area contributed by atoms with Gasteiger partial charge >= 0.3 is 5.97 Å². The van der Waals surface area contributed by atoms with Gasteiger partial charge in [-0.3, -0.25) is 4.79 Å². The number of carboxylic acids is 1. The maximum absolute atomic E-state index is 11.6. The summed E-state index contributed by atoms with van der Waals surface area (Å²) in [5.74, 6) is 0.223. The van der Waals surface area contributed by atoms with Crippen LogP contribution in [0.15, 0.2) is 40.5 Å². The van der Waals surface area contributed by atoms with Crippen molar-refractivity contribution < 1.29 is 14.4 Å². The average Bonchev–Trinajstić information content (AvgIpc) is 2.67. The Bertz CT molecular complexity index is 876. The van der Waals surface area contributed by atoms with Crippen molar-refractivity contribution in [2.45, 2.75) is 35.7 Å². The van der Waals surface area contributed by atoms with Gasteiger partial charge in [0.15, 0.2) is 5.82 Å². The van der Waals surface area contributed by atoms with Crippen LogP contribution in [-0.4, -0.2) is 45.2 Å². The zero-order chi connectivity index (χ0) is 17.8. The number of benzene rings is 1. The summed E-state index contributed by atoms with van der Waals surface area (Å²) in [6.45, 7) is 3.89. The van der Waals surface area contributed by atoms with E-state index in [1.165, 1.54) is 10.5 Å². The van der Waals surface area contributed by atoms with E-state index in [4.69, 9.17) is 0 Å². The van der Waals surface area contributed by atoms with Crippen LogP contribution in [-0.2, 0) is 11.3 Å². The Kier molecular flexibility index (Phi) is 3.52. The van der Waals surface area contributed by atoms with Crippen LogP contribution in [0.25, 0.3) is 0 Å². The number of piperidine rings is 3. The van der Waals surface area contributed by atoms with Crippen LogP contribution in [0.4, 0.5) is 11.5 Å². The molecule has 0 amide bonds. The highest BCUT2D eigenvalue weighted by Gasteiger charge is 2.53. The molecular formula is C19H21N4O2S+. The van der Waals surface area contributed by atoms with Crippen LogP contribution >= 0.6 is 11.8 Å². The second-order valence-electron chi connectivity index (χ2n) is 7.77. The fourth-order valence-electron chi connectivity index (χ4n) is 4.59. The third-order valence-corrected chi connectivity index (χ3v) is 7.40. The predicted octanol–water partition coefficient (Wildman–Crippen LogP) is 3.27. The maximum Gasteiger partial charge on any atom is 0.310 e. The number of aromatic nitrogens is 2. The number of hydrogen-bond donors (Lipinski definition) is 2. The van der Waals surface area contributed by atoms with E-state index in [2.05, 4.69) is 33.5 Å². The number of quaternary nitrogens is 1. The van der Waals surface area contributed by atoms with Crippen LogP contribution in [0, 0.1) is 5.41 Å². The topological polar surface area (TPSA) is 75.1 Å². The zero-order valence-electron chi connectivity index (χ0n) is 14.4. The highest BCUT2D eigenvalue weighted by Crippen LogP contribution is 2.46. The van der Waals surface area contributed by atoms with E-state index in [9.17, 15) is 9.90 Å². The van der Waals surface area contributed by atoms with Gasteiger partial charge in [-0.25, -0.2) is 9.97 Å². The van der Waals surface area contributed by atoms with E-state index >= 15 is 0 Å². The van der Waals surface area contributed by atoms with Gasteiger partial charge in [0.2, 0.25) is 0 Å². The predicted molar refractivity (Wildman–Crippen MR) is 98.4 cm³/mol. The van der Waals surface area contributed by atoms with Crippen LogP contribution in [0.1, 0.15) is 24.8 Å². The van der Waals surface area contributed by atoms with Crippen molar-refractivity contribution in [3.05, 3.63) is 36.2 Å². The largest absolute Gasteiger partial charge is 0.481 e. The Labute approximate surface area is 156 Å². The number of anilines is 2. The van der Waals surface area contributed by atoms with Crippen LogP contribution < -0.4 is 5.32 Å². The third-order valence-electron chi connectivity index (χ3n) is 6.33. The first-order valence-electron chi connectivity index (χ1n) is 9.05. The van der Waals surface area contributed by atoms with Gasteiger partial charge < -0.3 is 14.9 Å². The van der Waals surface area contributed by atoms with Crippen LogP contribution in [0.2, 0.25) is 0 Å². The molecule has 0 spiro atoms. The van der Waals surface area contributed by atoms with Crippen molar-refractivity contribution in [2.24, 2.45) is 5.41 Å². The number of fused-ring (bicyclic) bond motifs is 5. The molecule has 0 saturated carbocycles. The van der Waals surface area contributed by atoms with Gasteiger partial charge in [-0.05, 0) is 12.1 Å². The summed E-state index contributed by atoms with van der Waals surface area (Å²) in [5, 5.41) is 13.9. The summed E-state index contributed by atoms with van der Waals surface area (Å²) in [6, 6.07) is 6.59. The normalized spacial score (nSPS) is 28.8. The van der Waals surface area contributed by atoms with Gasteiger partial charge in [0.05, 0.1) is 30.7 Å². The number of carbonyl (C=O) groups is 1. The molecule has 134 valence electrons. The monoisotopic (exact) mass is 369 g/mol.